The molecule has 0 aliphatic rings. The average Bonchev–Trinajstić information content (AvgIpc) is 3.09. The fourth-order valence-corrected chi connectivity index (χ4v) is 2.36. The van der Waals surface area contributed by atoms with Gasteiger partial charge in [-0.1, -0.05) is 18.2 Å². The van der Waals surface area contributed by atoms with E-state index in [-0.39, 0.29) is 6.03 Å². The van der Waals surface area contributed by atoms with Crippen LogP contribution in [0.5, 0.6) is 0 Å². The smallest absolute Gasteiger partial charge is 0.315 e. The van der Waals surface area contributed by atoms with Gasteiger partial charge < -0.3 is 15.5 Å². The molecule has 25 heavy (non-hydrogen) atoms. The Morgan fingerprint density at radius 1 is 1.20 bits per heavy atom. The van der Waals surface area contributed by atoms with Crippen LogP contribution >= 0.6 is 0 Å². The van der Waals surface area contributed by atoms with Gasteiger partial charge in [0.1, 0.15) is 0 Å². The number of para-hydroxylation sites is 1. The zero-order valence-electron chi connectivity index (χ0n) is 15.4. The molecule has 0 aliphatic heterocycles. The second-order valence-corrected chi connectivity index (χ2v) is 6.52. The number of unbranched alkanes of at least 4 members (excludes halogenated alkanes) is 1. The van der Waals surface area contributed by atoms with Crippen molar-refractivity contribution in [3.8, 4) is 5.69 Å². The Morgan fingerprint density at radius 3 is 2.68 bits per heavy atom. The highest BCUT2D eigenvalue weighted by molar-refractivity contribution is 5.73. The minimum absolute atomic E-state index is 0.135. The average molecular weight is 343 g/mol. The minimum Gasteiger partial charge on any atom is -0.338 e. The van der Waals surface area contributed by atoms with Gasteiger partial charge in [0.25, 0.3) is 0 Å². The lowest BCUT2D eigenvalue weighted by atomic mass is 10.2. The Morgan fingerprint density at radius 2 is 1.96 bits per heavy atom. The van der Waals surface area contributed by atoms with Crippen molar-refractivity contribution in [1.29, 1.82) is 0 Å². The Bertz CT molecular complexity index is 638. The number of nitrogens with one attached hydrogen (secondary N) is 2. The maximum absolute atomic E-state index is 11.8. The Balaban J connectivity index is 1.63. The number of carbonyl (C=O) groups excluding carboxylic acids is 1. The van der Waals surface area contributed by atoms with E-state index in [1.54, 1.807) is 10.9 Å². The molecule has 0 radical (unpaired) electrons. The molecule has 2 aromatic rings. The maximum atomic E-state index is 11.8. The van der Waals surface area contributed by atoms with Crippen LogP contribution in [0.1, 0.15) is 32.3 Å². The number of benzene rings is 1. The fraction of sp³-hybridized carbons (Fsp3) is 0.474. The van der Waals surface area contributed by atoms with Gasteiger partial charge in [-0.15, -0.1) is 0 Å². The van der Waals surface area contributed by atoms with Gasteiger partial charge in [0, 0.05) is 30.9 Å². The molecule has 0 saturated heterocycles. The molecular formula is C19H29N5O. The summed E-state index contributed by atoms with van der Waals surface area (Å²) in [7, 11) is 2.13. The zero-order valence-corrected chi connectivity index (χ0v) is 15.4. The van der Waals surface area contributed by atoms with Crippen molar-refractivity contribution >= 4 is 6.03 Å². The number of hydrogen-bond donors (Lipinski definition) is 2. The van der Waals surface area contributed by atoms with Crippen LogP contribution in [-0.4, -0.2) is 46.9 Å². The minimum atomic E-state index is -0.135. The van der Waals surface area contributed by atoms with E-state index in [0.29, 0.717) is 19.1 Å². The molecule has 1 aromatic heterocycles. The van der Waals surface area contributed by atoms with Crippen LogP contribution < -0.4 is 10.6 Å². The van der Waals surface area contributed by atoms with Gasteiger partial charge in [0.2, 0.25) is 0 Å². The molecule has 2 N–H and O–H groups in total. The number of carbonyl (C=O) groups is 1. The van der Waals surface area contributed by atoms with Crippen molar-refractivity contribution < 1.29 is 4.79 Å². The molecule has 136 valence electrons. The highest BCUT2D eigenvalue weighted by atomic mass is 16.2. The molecule has 0 atom stereocenters. The Hall–Kier alpha value is -2.34. The highest BCUT2D eigenvalue weighted by Crippen LogP contribution is 2.07. The zero-order chi connectivity index (χ0) is 18.1. The first-order valence-electron chi connectivity index (χ1n) is 8.87. The molecule has 2 rings (SSSR count). The topological polar surface area (TPSA) is 62.2 Å². The second-order valence-electron chi connectivity index (χ2n) is 6.52. The number of nitrogens with zero attached hydrogens (tertiary/aromatic N) is 3. The van der Waals surface area contributed by atoms with E-state index in [2.05, 4.69) is 41.5 Å². The summed E-state index contributed by atoms with van der Waals surface area (Å²) in [5.41, 5.74) is 1.97. The highest BCUT2D eigenvalue weighted by Gasteiger charge is 2.05. The molecule has 1 heterocycles. The predicted molar refractivity (Wildman–Crippen MR) is 101 cm³/mol. The van der Waals surface area contributed by atoms with Crippen LogP contribution in [0.2, 0.25) is 0 Å². The lowest BCUT2D eigenvalue weighted by Gasteiger charge is -2.20. The number of urea groups is 1. The van der Waals surface area contributed by atoms with Crippen LogP contribution in [0, 0.1) is 0 Å². The van der Waals surface area contributed by atoms with Crippen molar-refractivity contribution in [3.05, 3.63) is 48.3 Å². The van der Waals surface area contributed by atoms with E-state index in [9.17, 15) is 4.79 Å². The summed E-state index contributed by atoms with van der Waals surface area (Å²) in [5, 5.41) is 10.1. The first-order valence-corrected chi connectivity index (χ1v) is 8.87. The van der Waals surface area contributed by atoms with Crippen LogP contribution in [0.15, 0.2) is 42.7 Å². The number of amides is 2. The summed E-state index contributed by atoms with van der Waals surface area (Å²) >= 11 is 0. The molecule has 6 heteroatoms. The van der Waals surface area contributed by atoms with E-state index in [1.807, 2.05) is 36.5 Å². The van der Waals surface area contributed by atoms with Gasteiger partial charge in [-0.3, -0.25) is 0 Å². The molecule has 0 bridgehead atoms. The van der Waals surface area contributed by atoms with Crippen molar-refractivity contribution in [2.24, 2.45) is 0 Å². The first kappa shape index (κ1) is 19.0. The van der Waals surface area contributed by atoms with Crippen molar-refractivity contribution in [1.82, 2.24) is 25.3 Å². The Kier molecular flexibility index (Phi) is 7.47. The number of hydrogen-bond acceptors (Lipinski definition) is 3. The molecule has 0 fully saturated rings. The normalized spacial score (nSPS) is 11.1. The van der Waals surface area contributed by atoms with Gasteiger partial charge in [-0.2, -0.15) is 5.10 Å². The van der Waals surface area contributed by atoms with Crippen LogP contribution in [0.3, 0.4) is 0 Å². The Labute approximate surface area is 150 Å². The largest absolute Gasteiger partial charge is 0.338 e. The van der Waals surface area contributed by atoms with Gasteiger partial charge in [0.15, 0.2) is 0 Å². The van der Waals surface area contributed by atoms with Gasteiger partial charge in [-0.05, 0) is 52.4 Å². The van der Waals surface area contributed by atoms with E-state index < -0.39 is 0 Å². The molecular weight excluding hydrogens is 314 g/mol. The van der Waals surface area contributed by atoms with Crippen LogP contribution in [0.4, 0.5) is 4.79 Å². The van der Waals surface area contributed by atoms with Gasteiger partial charge >= 0.3 is 6.03 Å². The molecule has 0 unspecified atom stereocenters. The van der Waals surface area contributed by atoms with E-state index in [4.69, 9.17) is 0 Å². The van der Waals surface area contributed by atoms with E-state index in [1.165, 1.54) is 0 Å². The van der Waals surface area contributed by atoms with Crippen molar-refractivity contribution in [3.63, 3.8) is 0 Å². The summed E-state index contributed by atoms with van der Waals surface area (Å²) in [6.07, 6.45) is 5.77. The first-order chi connectivity index (χ1) is 12.1. The molecule has 0 spiro atoms. The molecule has 2 amide bonds. The lowest BCUT2D eigenvalue weighted by Crippen LogP contribution is -2.35. The molecule has 1 aromatic carbocycles. The standard InChI is InChI=1S/C19H29N5O/c1-16(2)23(3)12-8-7-11-20-19(25)21-13-17-14-22-24(15-17)18-9-5-4-6-10-18/h4-6,9-10,14-16H,7-8,11-13H2,1-3H3,(H2,20,21,25). The molecule has 0 aliphatic carbocycles. The maximum Gasteiger partial charge on any atom is 0.315 e. The molecule has 0 saturated carbocycles. The quantitative estimate of drug-likeness (QED) is 0.688. The van der Waals surface area contributed by atoms with E-state index in [0.717, 1.165) is 30.6 Å². The van der Waals surface area contributed by atoms with E-state index >= 15 is 0 Å². The van der Waals surface area contributed by atoms with Gasteiger partial charge in [-0.25, -0.2) is 9.48 Å². The third-order valence-corrected chi connectivity index (χ3v) is 4.21. The lowest BCUT2D eigenvalue weighted by molar-refractivity contribution is 0.239. The summed E-state index contributed by atoms with van der Waals surface area (Å²) in [4.78, 5) is 14.1. The summed E-state index contributed by atoms with van der Waals surface area (Å²) in [6.45, 7) is 6.59. The summed E-state index contributed by atoms with van der Waals surface area (Å²) in [5.74, 6) is 0. The van der Waals surface area contributed by atoms with Crippen LogP contribution in [0.25, 0.3) is 5.69 Å². The van der Waals surface area contributed by atoms with Crippen molar-refractivity contribution in [2.75, 3.05) is 20.1 Å². The molecule has 6 nitrogen and oxygen atoms in total. The van der Waals surface area contributed by atoms with Gasteiger partial charge in [0.05, 0.1) is 11.9 Å². The number of rotatable bonds is 9. The fourth-order valence-electron chi connectivity index (χ4n) is 2.36. The number of aromatic nitrogens is 2. The summed E-state index contributed by atoms with van der Waals surface area (Å²) in [6, 6.07) is 10.3. The predicted octanol–water partition coefficient (Wildman–Crippen LogP) is 2.79. The van der Waals surface area contributed by atoms with Crippen molar-refractivity contribution in [2.45, 2.75) is 39.3 Å². The third-order valence-electron chi connectivity index (χ3n) is 4.21. The SMILES string of the molecule is CC(C)N(C)CCCCNC(=O)NCc1cnn(-c2ccccc2)c1. The third kappa shape index (κ3) is 6.58. The second kappa shape index (κ2) is 9.84. The van der Waals surface area contributed by atoms with Crippen LogP contribution in [-0.2, 0) is 6.54 Å². The summed E-state index contributed by atoms with van der Waals surface area (Å²) < 4.78 is 1.81. The monoisotopic (exact) mass is 343 g/mol.